The number of aliphatic hydroxyl groups is 1. The molecule has 0 heterocycles. The zero-order valence-corrected chi connectivity index (χ0v) is 13.3. The summed E-state index contributed by atoms with van der Waals surface area (Å²) in [6.45, 7) is 7.15. The Morgan fingerprint density at radius 1 is 1.33 bits per heavy atom. The first-order chi connectivity index (χ1) is 9.66. The van der Waals surface area contributed by atoms with E-state index in [0.29, 0.717) is 11.3 Å². The zero-order valence-electron chi connectivity index (χ0n) is 13.3. The van der Waals surface area contributed by atoms with E-state index < -0.39 is 5.41 Å². The van der Waals surface area contributed by atoms with Crippen LogP contribution in [0.5, 0.6) is 0 Å². The molecule has 0 radical (unpaired) electrons. The highest BCUT2D eigenvalue weighted by Crippen LogP contribution is 2.19. The number of anilines is 1. The lowest BCUT2D eigenvalue weighted by molar-refractivity contribution is -0.123. The number of nitrogens with one attached hydrogen (secondary N) is 1. The van der Waals surface area contributed by atoms with E-state index in [1.165, 1.54) is 4.90 Å². The Morgan fingerprint density at radius 2 is 1.95 bits per heavy atom. The normalized spacial score (nSPS) is 12.7. The fraction of sp³-hybridized carbons (Fsp3) is 0.500. The molecule has 5 heteroatoms. The summed E-state index contributed by atoms with van der Waals surface area (Å²) in [4.78, 5) is 25.7. The van der Waals surface area contributed by atoms with Crippen molar-refractivity contribution in [1.29, 1.82) is 0 Å². The van der Waals surface area contributed by atoms with Crippen molar-refractivity contribution in [3.63, 3.8) is 0 Å². The molecule has 0 spiro atoms. The fourth-order valence-corrected chi connectivity index (χ4v) is 1.57. The van der Waals surface area contributed by atoms with E-state index in [0.717, 1.165) is 0 Å². The van der Waals surface area contributed by atoms with Crippen LogP contribution in [-0.4, -0.2) is 41.5 Å². The molecule has 116 valence electrons. The second-order valence-corrected chi connectivity index (χ2v) is 6.23. The third kappa shape index (κ3) is 4.56. The minimum absolute atomic E-state index is 0.0946. The Hall–Kier alpha value is -1.88. The highest BCUT2D eigenvalue weighted by molar-refractivity contribution is 5.98. The van der Waals surface area contributed by atoms with Crippen LogP contribution < -0.4 is 5.32 Å². The fourth-order valence-electron chi connectivity index (χ4n) is 1.57. The number of amides is 2. The second kappa shape index (κ2) is 6.72. The molecule has 0 saturated heterocycles. The van der Waals surface area contributed by atoms with E-state index in [9.17, 15) is 9.59 Å². The van der Waals surface area contributed by atoms with Crippen LogP contribution in [0.2, 0.25) is 0 Å². The van der Waals surface area contributed by atoms with Crippen molar-refractivity contribution in [2.45, 2.75) is 33.7 Å². The topological polar surface area (TPSA) is 69.6 Å². The maximum Gasteiger partial charge on any atom is 0.253 e. The van der Waals surface area contributed by atoms with Gasteiger partial charge in [-0.3, -0.25) is 9.59 Å². The Bertz CT molecular complexity index is 520. The molecule has 0 saturated carbocycles. The summed E-state index contributed by atoms with van der Waals surface area (Å²) in [5.41, 5.74) is 0.567. The number of aliphatic hydroxyl groups excluding tert-OH is 1. The van der Waals surface area contributed by atoms with Gasteiger partial charge in [-0.15, -0.1) is 0 Å². The van der Waals surface area contributed by atoms with Gasteiger partial charge in [-0.25, -0.2) is 0 Å². The monoisotopic (exact) mass is 292 g/mol. The van der Waals surface area contributed by atoms with Crippen LogP contribution in [0.3, 0.4) is 0 Å². The van der Waals surface area contributed by atoms with Gasteiger partial charge in [-0.1, -0.05) is 26.8 Å². The van der Waals surface area contributed by atoms with Crippen LogP contribution in [0.1, 0.15) is 38.1 Å². The Morgan fingerprint density at radius 3 is 2.48 bits per heavy atom. The molecule has 1 rings (SSSR count). The molecule has 1 aromatic rings. The van der Waals surface area contributed by atoms with Crippen LogP contribution in [0, 0.1) is 5.41 Å². The van der Waals surface area contributed by atoms with Gasteiger partial charge < -0.3 is 15.3 Å². The molecule has 0 aliphatic rings. The Labute approximate surface area is 126 Å². The number of hydrogen-bond acceptors (Lipinski definition) is 3. The van der Waals surface area contributed by atoms with E-state index in [1.54, 1.807) is 38.2 Å². The van der Waals surface area contributed by atoms with Crippen LogP contribution >= 0.6 is 0 Å². The van der Waals surface area contributed by atoms with Gasteiger partial charge in [0.2, 0.25) is 5.91 Å². The van der Waals surface area contributed by atoms with Crippen molar-refractivity contribution in [1.82, 2.24) is 4.90 Å². The lowest BCUT2D eigenvalue weighted by Crippen LogP contribution is -2.37. The minimum Gasteiger partial charge on any atom is -0.394 e. The number of nitrogens with zero attached hydrogens (tertiary/aromatic N) is 1. The van der Waals surface area contributed by atoms with E-state index in [2.05, 4.69) is 5.32 Å². The molecule has 0 bridgehead atoms. The standard InChI is InChI=1S/C16H24N2O3/c1-11(10-19)18(5)14(20)12-7-6-8-13(9-12)17-15(21)16(2,3)4/h6-9,11,19H,10H2,1-5H3,(H,17,21). The molecule has 1 aromatic carbocycles. The molecule has 5 nitrogen and oxygen atoms in total. The average molecular weight is 292 g/mol. The van der Waals surface area contributed by atoms with Crippen LogP contribution in [0.15, 0.2) is 24.3 Å². The number of likely N-dealkylation sites (N-methyl/N-ethyl adjacent to an activating group) is 1. The van der Waals surface area contributed by atoms with Gasteiger partial charge >= 0.3 is 0 Å². The van der Waals surface area contributed by atoms with Gasteiger partial charge in [0, 0.05) is 23.7 Å². The SMILES string of the molecule is CC(CO)N(C)C(=O)c1cccc(NC(=O)C(C)(C)C)c1. The molecule has 21 heavy (non-hydrogen) atoms. The van der Waals surface area contributed by atoms with Gasteiger partial charge in [0.05, 0.1) is 12.6 Å². The molecule has 2 amide bonds. The summed E-state index contributed by atoms with van der Waals surface area (Å²) in [6.07, 6.45) is 0. The maximum atomic E-state index is 12.3. The zero-order chi connectivity index (χ0) is 16.2. The van der Waals surface area contributed by atoms with Crippen molar-refractivity contribution in [2.24, 2.45) is 5.41 Å². The number of carbonyl (C=O) groups excluding carboxylic acids is 2. The molecule has 1 unspecified atom stereocenters. The van der Waals surface area contributed by atoms with Gasteiger partial charge in [-0.05, 0) is 25.1 Å². The Kier molecular flexibility index (Phi) is 5.49. The van der Waals surface area contributed by atoms with Crippen LogP contribution in [0.4, 0.5) is 5.69 Å². The van der Waals surface area contributed by atoms with Crippen LogP contribution in [0.25, 0.3) is 0 Å². The number of hydrogen-bond donors (Lipinski definition) is 2. The van der Waals surface area contributed by atoms with E-state index in [1.807, 2.05) is 20.8 Å². The Balaban J connectivity index is 2.91. The largest absolute Gasteiger partial charge is 0.394 e. The van der Waals surface area contributed by atoms with Crippen molar-refractivity contribution in [3.05, 3.63) is 29.8 Å². The highest BCUT2D eigenvalue weighted by atomic mass is 16.3. The molecule has 2 N–H and O–H groups in total. The number of benzene rings is 1. The van der Waals surface area contributed by atoms with Crippen molar-refractivity contribution >= 4 is 17.5 Å². The van der Waals surface area contributed by atoms with Gasteiger partial charge in [0.25, 0.3) is 5.91 Å². The molecule has 0 aromatic heterocycles. The van der Waals surface area contributed by atoms with Gasteiger partial charge in [-0.2, -0.15) is 0 Å². The first-order valence-electron chi connectivity index (χ1n) is 6.96. The smallest absolute Gasteiger partial charge is 0.253 e. The lowest BCUT2D eigenvalue weighted by atomic mass is 9.95. The van der Waals surface area contributed by atoms with E-state index >= 15 is 0 Å². The summed E-state index contributed by atoms with van der Waals surface area (Å²) in [5.74, 6) is -0.299. The highest BCUT2D eigenvalue weighted by Gasteiger charge is 2.22. The van der Waals surface area contributed by atoms with Crippen LogP contribution in [-0.2, 0) is 4.79 Å². The van der Waals surface area contributed by atoms with Crippen molar-refractivity contribution in [3.8, 4) is 0 Å². The van der Waals surface area contributed by atoms with Gasteiger partial charge in [0.15, 0.2) is 0 Å². The predicted molar refractivity (Wildman–Crippen MR) is 83.2 cm³/mol. The van der Waals surface area contributed by atoms with Gasteiger partial charge in [0.1, 0.15) is 0 Å². The predicted octanol–water partition coefficient (Wildman–Crippen LogP) is 2.12. The molecule has 0 aliphatic heterocycles. The number of carbonyl (C=O) groups is 2. The summed E-state index contributed by atoms with van der Waals surface area (Å²) < 4.78 is 0. The molecular formula is C16H24N2O3. The molecule has 0 fully saturated rings. The first-order valence-corrected chi connectivity index (χ1v) is 6.96. The summed E-state index contributed by atoms with van der Waals surface area (Å²) in [5, 5.41) is 11.9. The lowest BCUT2D eigenvalue weighted by Gasteiger charge is -2.23. The maximum absolute atomic E-state index is 12.3. The van der Waals surface area contributed by atoms with E-state index in [4.69, 9.17) is 5.11 Å². The summed E-state index contributed by atoms with van der Waals surface area (Å²) in [6, 6.07) is 6.55. The van der Waals surface area contributed by atoms with Crippen molar-refractivity contribution < 1.29 is 14.7 Å². The summed E-state index contributed by atoms with van der Waals surface area (Å²) >= 11 is 0. The third-order valence-electron chi connectivity index (χ3n) is 3.29. The van der Waals surface area contributed by atoms with Crippen molar-refractivity contribution in [2.75, 3.05) is 19.0 Å². The molecule has 1 atom stereocenters. The van der Waals surface area contributed by atoms with E-state index in [-0.39, 0.29) is 24.5 Å². The second-order valence-electron chi connectivity index (χ2n) is 6.23. The molecule has 0 aliphatic carbocycles. The third-order valence-corrected chi connectivity index (χ3v) is 3.29. The quantitative estimate of drug-likeness (QED) is 0.893. The first kappa shape index (κ1) is 17.2. The molecular weight excluding hydrogens is 268 g/mol. The minimum atomic E-state index is -0.498. The average Bonchev–Trinajstić information content (AvgIpc) is 2.44. The number of rotatable bonds is 4. The summed E-state index contributed by atoms with van der Waals surface area (Å²) in [7, 11) is 1.64.